The van der Waals surface area contributed by atoms with Gasteiger partial charge in [0.05, 0.1) is 0 Å². The maximum absolute atomic E-state index is 12.2. The lowest BCUT2D eigenvalue weighted by Gasteiger charge is -2.25. The van der Waals surface area contributed by atoms with Gasteiger partial charge in [0, 0.05) is 5.39 Å². The Morgan fingerprint density at radius 3 is 2.56 bits per heavy atom. The Balaban J connectivity index is 1.38. The topological polar surface area (TPSA) is 89.8 Å². The van der Waals surface area contributed by atoms with E-state index in [0.29, 0.717) is 17.1 Å². The molecule has 7 nitrogen and oxygen atoms in total. The predicted octanol–water partition coefficient (Wildman–Crippen LogP) is 2.03. The fourth-order valence-electron chi connectivity index (χ4n) is 2.50. The summed E-state index contributed by atoms with van der Waals surface area (Å²) in [4.78, 5) is 24.3. The van der Waals surface area contributed by atoms with Crippen molar-refractivity contribution in [2.75, 3.05) is 6.61 Å². The van der Waals surface area contributed by atoms with Gasteiger partial charge in [-0.15, -0.1) is 0 Å². The molecule has 0 aliphatic carbocycles. The number of hydrogen-bond donors (Lipinski definition) is 2. The van der Waals surface area contributed by atoms with E-state index < -0.39 is 17.9 Å². The summed E-state index contributed by atoms with van der Waals surface area (Å²) in [5, 5.41) is 0.805. The van der Waals surface area contributed by atoms with Crippen LogP contribution in [0, 0.1) is 0 Å². The van der Waals surface area contributed by atoms with Crippen molar-refractivity contribution in [1.82, 2.24) is 10.9 Å². The minimum absolute atomic E-state index is 0.0589. The van der Waals surface area contributed by atoms with E-state index >= 15 is 0 Å². The van der Waals surface area contributed by atoms with Gasteiger partial charge in [-0.2, -0.15) is 0 Å². The van der Waals surface area contributed by atoms with Gasteiger partial charge < -0.3 is 13.9 Å². The van der Waals surface area contributed by atoms with Gasteiger partial charge in [0.1, 0.15) is 12.2 Å². The third-order valence-corrected chi connectivity index (χ3v) is 3.75. The molecule has 2 aromatic carbocycles. The number of furan rings is 1. The van der Waals surface area contributed by atoms with Crippen LogP contribution in [0.15, 0.2) is 59.0 Å². The molecule has 25 heavy (non-hydrogen) atoms. The van der Waals surface area contributed by atoms with E-state index in [1.165, 1.54) is 0 Å². The number of nitrogens with one attached hydrogen (secondary N) is 2. The van der Waals surface area contributed by atoms with Gasteiger partial charge in [-0.3, -0.25) is 20.4 Å². The van der Waals surface area contributed by atoms with Crippen molar-refractivity contribution in [1.29, 1.82) is 0 Å². The van der Waals surface area contributed by atoms with Crippen LogP contribution >= 0.6 is 0 Å². The first-order chi connectivity index (χ1) is 12.2. The lowest BCUT2D eigenvalue weighted by atomic mass is 10.2. The number of benzene rings is 2. The van der Waals surface area contributed by atoms with E-state index in [9.17, 15) is 9.59 Å². The van der Waals surface area contributed by atoms with Gasteiger partial charge in [-0.05, 0) is 24.3 Å². The number of fused-ring (bicyclic) bond motifs is 2. The average Bonchev–Trinajstić information content (AvgIpc) is 3.09. The van der Waals surface area contributed by atoms with Crippen LogP contribution in [0.25, 0.3) is 11.0 Å². The Kier molecular flexibility index (Phi) is 3.74. The van der Waals surface area contributed by atoms with E-state index in [0.717, 1.165) is 5.39 Å². The lowest BCUT2D eigenvalue weighted by molar-refractivity contribution is -0.131. The summed E-state index contributed by atoms with van der Waals surface area (Å²) in [5.41, 5.74) is 5.23. The molecular weight excluding hydrogens is 324 g/mol. The molecule has 1 aliphatic heterocycles. The van der Waals surface area contributed by atoms with Crippen LogP contribution in [-0.2, 0) is 4.79 Å². The molecular formula is C18H14N2O5. The maximum Gasteiger partial charge on any atom is 0.305 e. The average molecular weight is 338 g/mol. The second kappa shape index (κ2) is 6.20. The molecule has 4 rings (SSSR count). The quantitative estimate of drug-likeness (QED) is 0.698. The summed E-state index contributed by atoms with van der Waals surface area (Å²) in [5.74, 6) is 0.101. The van der Waals surface area contributed by atoms with Crippen LogP contribution in [0.2, 0.25) is 0 Å². The lowest BCUT2D eigenvalue weighted by Crippen LogP contribution is -2.50. The fraction of sp³-hybridized carbons (Fsp3) is 0.111. The number of rotatable bonds is 2. The van der Waals surface area contributed by atoms with Gasteiger partial charge >= 0.3 is 5.91 Å². The van der Waals surface area contributed by atoms with Crippen molar-refractivity contribution < 1.29 is 23.5 Å². The van der Waals surface area contributed by atoms with Crippen LogP contribution in [0.3, 0.4) is 0 Å². The molecule has 0 spiro atoms. The molecule has 7 heteroatoms. The van der Waals surface area contributed by atoms with Gasteiger partial charge in [-0.25, -0.2) is 0 Å². The first-order valence-electron chi connectivity index (χ1n) is 7.68. The molecule has 1 atom stereocenters. The van der Waals surface area contributed by atoms with Crippen molar-refractivity contribution in [3.8, 4) is 11.5 Å². The number of carbonyl (C=O) groups is 2. The van der Waals surface area contributed by atoms with Crippen LogP contribution in [-0.4, -0.2) is 24.5 Å². The zero-order valence-corrected chi connectivity index (χ0v) is 13.0. The molecule has 0 radical (unpaired) electrons. The van der Waals surface area contributed by atoms with E-state index in [2.05, 4.69) is 10.9 Å². The number of para-hydroxylation sites is 3. The standard InChI is InChI=1S/C18H14N2O5/c21-17(15-9-11-5-1-2-6-12(11)24-15)19-20-18(22)16-10-23-13-7-3-4-8-14(13)25-16/h1-9,16H,10H2,(H,19,21)(H,20,22)/t16-/m0/s1. The third kappa shape index (κ3) is 2.99. The van der Waals surface area contributed by atoms with E-state index in [-0.39, 0.29) is 12.4 Å². The van der Waals surface area contributed by atoms with Crippen LogP contribution in [0.1, 0.15) is 10.6 Å². The Hall–Kier alpha value is -3.48. The number of hydrogen-bond acceptors (Lipinski definition) is 5. The summed E-state index contributed by atoms with van der Waals surface area (Å²) in [7, 11) is 0. The molecule has 126 valence electrons. The predicted molar refractivity (Wildman–Crippen MR) is 88.2 cm³/mol. The normalized spacial score (nSPS) is 15.6. The van der Waals surface area contributed by atoms with Crippen LogP contribution < -0.4 is 20.3 Å². The molecule has 1 aromatic heterocycles. The minimum Gasteiger partial charge on any atom is -0.485 e. The molecule has 2 N–H and O–H groups in total. The number of amides is 2. The van der Waals surface area contributed by atoms with E-state index in [4.69, 9.17) is 13.9 Å². The largest absolute Gasteiger partial charge is 0.485 e. The Morgan fingerprint density at radius 1 is 0.960 bits per heavy atom. The summed E-state index contributed by atoms with van der Waals surface area (Å²) in [6.07, 6.45) is -0.856. The number of ether oxygens (including phenoxy) is 2. The molecule has 3 aromatic rings. The summed E-state index contributed by atoms with van der Waals surface area (Å²) in [6.45, 7) is 0.0589. The number of hydrazine groups is 1. The van der Waals surface area contributed by atoms with Gasteiger partial charge in [0.15, 0.2) is 17.3 Å². The second-order valence-electron chi connectivity index (χ2n) is 5.46. The fourth-order valence-corrected chi connectivity index (χ4v) is 2.50. The zero-order valence-electron chi connectivity index (χ0n) is 13.0. The van der Waals surface area contributed by atoms with Crippen molar-refractivity contribution in [3.05, 3.63) is 60.4 Å². The van der Waals surface area contributed by atoms with E-state index in [1.54, 1.807) is 30.3 Å². The first kappa shape index (κ1) is 15.1. The highest BCUT2D eigenvalue weighted by molar-refractivity contribution is 5.97. The Bertz CT molecular complexity index is 916. The monoisotopic (exact) mass is 338 g/mol. The highest BCUT2D eigenvalue weighted by Crippen LogP contribution is 2.30. The molecule has 0 saturated heterocycles. The molecule has 0 fully saturated rings. The van der Waals surface area contributed by atoms with Crippen molar-refractivity contribution in [3.63, 3.8) is 0 Å². The summed E-state index contributed by atoms with van der Waals surface area (Å²) < 4.78 is 16.5. The molecule has 0 bridgehead atoms. The van der Waals surface area contributed by atoms with Crippen LogP contribution in [0.4, 0.5) is 0 Å². The molecule has 0 unspecified atom stereocenters. The summed E-state index contributed by atoms with van der Waals surface area (Å²) in [6, 6.07) is 15.9. The highest BCUT2D eigenvalue weighted by Gasteiger charge is 2.27. The van der Waals surface area contributed by atoms with Gasteiger partial charge in [0.25, 0.3) is 5.91 Å². The molecule has 0 saturated carbocycles. The van der Waals surface area contributed by atoms with Gasteiger partial charge in [-0.1, -0.05) is 30.3 Å². The first-order valence-corrected chi connectivity index (χ1v) is 7.68. The van der Waals surface area contributed by atoms with Crippen LogP contribution in [0.5, 0.6) is 11.5 Å². The van der Waals surface area contributed by atoms with Crippen molar-refractivity contribution in [2.24, 2.45) is 0 Å². The minimum atomic E-state index is -0.856. The second-order valence-corrected chi connectivity index (χ2v) is 5.46. The smallest absolute Gasteiger partial charge is 0.305 e. The zero-order chi connectivity index (χ0) is 17.2. The Morgan fingerprint density at radius 2 is 1.72 bits per heavy atom. The molecule has 2 heterocycles. The molecule has 2 amide bonds. The number of carbonyl (C=O) groups excluding carboxylic acids is 2. The van der Waals surface area contributed by atoms with E-state index in [1.807, 2.05) is 24.3 Å². The van der Waals surface area contributed by atoms with Crippen molar-refractivity contribution in [2.45, 2.75) is 6.10 Å². The highest BCUT2D eigenvalue weighted by atomic mass is 16.6. The van der Waals surface area contributed by atoms with Crippen molar-refractivity contribution >= 4 is 22.8 Å². The Labute approximate surface area is 142 Å². The maximum atomic E-state index is 12.2. The third-order valence-electron chi connectivity index (χ3n) is 3.75. The SMILES string of the molecule is O=C(NNC(=O)[C@@H]1COc2ccccc2O1)c1cc2ccccc2o1. The summed E-state index contributed by atoms with van der Waals surface area (Å²) >= 11 is 0. The molecule has 1 aliphatic rings. The van der Waals surface area contributed by atoms with Gasteiger partial charge in [0.2, 0.25) is 6.10 Å².